The lowest BCUT2D eigenvalue weighted by Crippen LogP contribution is -2.38. The zero-order valence-corrected chi connectivity index (χ0v) is 19.8. The fourth-order valence-electron chi connectivity index (χ4n) is 3.73. The third-order valence-corrected chi connectivity index (χ3v) is 6.34. The number of halogens is 3. The van der Waals surface area contributed by atoms with Gasteiger partial charge in [-0.15, -0.1) is 11.3 Å². The summed E-state index contributed by atoms with van der Waals surface area (Å²) < 4.78 is 34.8. The molecule has 5 rings (SSSR count). The molecule has 1 atom stereocenters. The van der Waals surface area contributed by atoms with Crippen LogP contribution in [0.15, 0.2) is 30.5 Å². The van der Waals surface area contributed by atoms with Crippen molar-refractivity contribution < 1.29 is 23.1 Å². The molecule has 13 heteroatoms. The number of piperidine rings is 1. The van der Waals surface area contributed by atoms with Crippen molar-refractivity contribution in [2.45, 2.75) is 38.9 Å². The van der Waals surface area contributed by atoms with Crippen LogP contribution in [0.3, 0.4) is 0 Å². The number of hydrogen-bond donors (Lipinski definition) is 4. The van der Waals surface area contributed by atoms with Gasteiger partial charge in [0.1, 0.15) is 11.6 Å². The standard InChI is InChI=1S/C20H23N7S.C2HF3O2/c1-12-19(24-15-4-3-8-21-11-15)26-18-7-9-22-27(18)20(12)25-14-5-6-16-17(10-14)28-13(2)23-16;3-2(4,5)1(6)7/h5-7,9-10,15,21,25H,3-4,8,11H2,1-2H3,(H,24,26);(H,6,7)/t15-;/m0./s1. The third kappa shape index (κ3) is 5.80. The Balaban J connectivity index is 0.000000364. The smallest absolute Gasteiger partial charge is 0.475 e. The minimum atomic E-state index is -5.08. The Morgan fingerprint density at radius 3 is 2.71 bits per heavy atom. The molecule has 1 aliphatic heterocycles. The van der Waals surface area contributed by atoms with Crippen LogP contribution in [0.2, 0.25) is 0 Å². The van der Waals surface area contributed by atoms with Gasteiger partial charge < -0.3 is 21.1 Å². The van der Waals surface area contributed by atoms with Gasteiger partial charge >= 0.3 is 12.1 Å². The van der Waals surface area contributed by atoms with Crippen molar-refractivity contribution >= 4 is 50.5 Å². The zero-order valence-electron chi connectivity index (χ0n) is 19.0. The summed E-state index contributed by atoms with van der Waals surface area (Å²) in [6.07, 6.45) is -0.956. The lowest BCUT2D eigenvalue weighted by molar-refractivity contribution is -0.192. The number of aryl methyl sites for hydroxylation is 1. The summed E-state index contributed by atoms with van der Waals surface area (Å²) in [5, 5.41) is 23.3. The molecule has 35 heavy (non-hydrogen) atoms. The monoisotopic (exact) mass is 507 g/mol. The Morgan fingerprint density at radius 2 is 2.03 bits per heavy atom. The van der Waals surface area contributed by atoms with E-state index in [-0.39, 0.29) is 0 Å². The van der Waals surface area contributed by atoms with Crippen LogP contribution < -0.4 is 16.0 Å². The van der Waals surface area contributed by atoms with Crippen LogP contribution in [0.25, 0.3) is 15.9 Å². The topological polar surface area (TPSA) is 116 Å². The van der Waals surface area contributed by atoms with Gasteiger partial charge in [-0.05, 0) is 51.4 Å². The Bertz CT molecular complexity index is 1350. The maximum absolute atomic E-state index is 10.6. The maximum Gasteiger partial charge on any atom is 0.490 e. The molecule has 4 aromatic rings. The average Bonchev–Trinajstić information content (AvgIpc) is 3.42. The molecule has 1 saturated heterocycles. The summed E-state index contributed by atoms with van der Waals surface area (Å²) in [6.45, 7) is 6.19. The number of alkyl halides is 3. The fraction of sp³-hybridized carbons (Fsp3) is 0.364. The van der Waals surface area contributed by atoms with Crippen molar-refractivity contribution in [3.8, 4) is 0 Å². The summed E-state index contributed by atoms with van der Waals surface area (Å²) in [5.41, 5.74) is 3.94. The normalized spacial score (nSPS) is 16.1. The highest BCUT2D eigenvalue weighted by molar-refractivity contribution is 7.18. The molecule has 0 amide bonds. The highest BCUT2D eigenvalue weighted by Gasteiger charge is 2.38. The van der Waals surface area contributed by atoms with Gasteiger partial charge in [-0.3, -0.25) is 0 Å². The van der Waals surface area contributed by atoms with Gasteiger partial charge in [0.25, 0.3) is 0 Å². The second kappa shape index (κ2) is 10.0. The van der Waals surface area contributed by atoms with Gasteiger partial charge in [0.2, 0.25) is 0 Å². The molecule has 0 aliphatic carbocycles. The van der Waals surface area contributed by atoms with Crippen molar-refractivity contribution in [1.29, 1.82) is 0 Å². The van der Waals surface area contributed by atoms with Crippen LogP contribution in [0.4, 0.5) is 30.5 Å². The summed E-state index contributed by atoms with van der Waals surface area (Å²) in [4.78, 5) is 18.2. The Labute approximate surface area is 202 Å². The molecular formula is C22H24F3N7O2S. The maximum atomic E-state index is 10.6. The summed E-state index contributed by atoms with van der Waals surface area (Å²) >= 11 is 1.71. The second-order valence-electron chi connectivity index (χ2n) is 8.07. The quantitative estimate of drug-likeness (QED) is 0.319. The number of carboxylic acid groups (broad SMARTS) is 1. The van der Waals surface area contributed by atoms with E-state index in [4.69, 9.17) is 14.9 Å². The van der Waals surface area contributed by atoms with E-state index in [0.29, 0.717) is 6.04 Å². The van der Waals surface area contributed by atoms with Gasteiger partial charge in [-0.25, -0.2) is 14.8 Å². The van der Waals surface area contributed by atoms with Gasteiger partial charge in [-0.1, -0.05) is 0 Å². The molecule has 186 valence electrons. The number of hydrogen-bond acceptors (Lipinski definition) is 8. The molecule has 0 radical (unpaired) electrons. The van der Waals surface area contributed by atoms with Crippen LogP contribution >= 0.6 is 11.3 Å². The average molecular weight is 508 g/mol. The number of fused-ring (bicyclic) bond motifs is 2. The first-order chi connectivity index (χ1) is 16.6. The molecule has 0 saturated carbocycles. The van der Waals surface area contributed by atoms with Crippen LogP contribution in [0.1, 0.15) is 23.4 Å². The van der Waals surface area contributed by atoms with Crippen LogP contribution in [-0.2, 0) is 4.79 Å². The van der Waals surface area contributed by atoms with Crippen molar-refractivity contribution in [3.63, 3.8) is 0 Å². The Morgan fingerprint density at radius 1 is 1.26 bits per heavy atom. The molecule has 4 heterocycles. The molecule has 3 aromatic heterocycles. The van der Waals surface area contributed by atoms with Gasteiger partial charge in [0.05, 0.1) is 21.4 Å². The van der Waals surface area contributed by atoms with E-state index < -0.39 is 12.1 Å². The van der Waals surface area contributed by atoms with Gasteiger partial charge in [0, 0.05) is 29.9 Å². The number of nitrogens with zero attached hydrogens (tertiary/aromatic N) is 4. The first-order valence-electron chi connectivity index (χ1n) is 10.9. The minimum absolute atomic E-state index is 0.398. The van der Waals surface area contributed by atoms with E-state index in [1.165, 1.54) is 11.1 Å². The van der Waals surface area contributed by atoms with Crippen LogP contribution in [-0.4, -0.2) is 56.0 Å². The van der Waals surface area contributed by atoms with Crippen molar-refractivity contribution in [2.75, 3.05) is 23.7 Å². The second-order valence-corrected chi connectivity index (χ2v) is 9.30. The Hall–Kier alpha value is -3.45. The molecule has 9 nitrogen and oxygen atoms in total. The largest absolute Gasteiger partial charge is 0.490 e. The lowest BCUT2D eigenvalue weighted by atomic mass is 10.1. The lowest BCUT2D eigenvalue weighted by Gasteiger charge is -2.25. The zero-order chi connectivity index (χ0) is 25.2. The highest BCUT2D eigenvalue weighted by Crippen LogP contribution is 2.30. The SMILES string of the molecule is Cc1nc2ccc(Nc3c(C)c(N[C@H]4CCCNC4)nc4ccnn34)cc2s1.O=C(O)C(F)(F)F. The number of nitrogens with one attached hydrogen (secondary N) is 3. The van der Waals surface area contributed by atoms with E-state index >= 15 is 0 Å². The van der Waals surface area contributed by atoms with Gasteiger partial charge in [-0.2, -0.15) is 22.8 Å². The minimum Gasteiger partial charge on any atom is -0.475 e. The summed E-state index contributed by atoms with van der Waals surface area (Å²) in [6, 6.07) is 8.60. The fourth-order valence-corrected chi connectivity index (χ4v) is 4.60. The highest BCUT2D eigenvalue weighted by atomic mass is 32.1. The number of rotatable bonds is 4. The molecule has 4 N–H and O–H groups in total. The van der Waals surface area contributed by atoms with Gasteiger partial charge in [0.15, 0.2) is 5.65 Å². The molecule has 1 aliphatic rings. The van der Waals surface area contributed by atoms with Crippen molar-refractivity contribution in [1.82, 2.24) is 24.9 Å². The first kappa shape index (κ1) is 24.7. The van der Waals surface area contributed by atoms with Crippen molar-refractivity contribution in [3.05, 3.63) is 41.0 Å². The first-order valence-corrected chi connectivity index (χ1v) is 11.7. The molecular weight excluding hydrogens is 483 g/mol. The Kier molecular flexibility index (Phi) is 7.08. The molecule has 0 spiro atoms. The van der Waals surface area contributed by atoms with E-state index in [1.807, 2.05) is 17.5 Å². The van der Waals surface area contributed by atoms with E-state index in [9.17, 15) is 13.2 Å². The number of anilines is 3. The number of aliphatic carboxylic acids is 1. The number of thiazole rings is 1. The van der Waals surface area contributed by atoms with E-state index in [1.54, 1.807) is 17.5 Å². The molecule has 1 aromatic carbocycles. The third-order valence-electron chi connectivity index (χ3n) is 5.41. The van der Waals surface area contributed by atoms with E-state index in [2.05, 4.69) is 51.2 Å². The number of carbonyl (C=O) groups is 1. The van der Waals surface area contributed by atoms with E-state index in [0.717, 1.165) is 58.6 Å². The summed E-state index contributed by atoms with van der Waals surface area (Å²) in [7, 11) is 0. The molecule has 1 fully saturated rings. The molecule has 0 unspecified atom stereocenters. The van der Waals surface area contributed by atoms with Crippen LogP contribution in [0, 0.1) is 13.8 Å². The number of carboxylic acids is 1. The number of benzene rings is 1. The number of aromatic nitrogens is 4. The summed E-state index contributed by atoms with van der Waals surface area (Å²) in [5.74, 6) is -0.909. The predicted molar refractivity (Wildman–Crippen MR) is 129 cm³/mol. The van der Waals surface area contributed by atoms with Crippen LogP contribution in [0.5, 0.6) is 0 Å². The van der Waals surface area contributed by atoms with Crippen molar-refractivity contribution in [2.24, 2.45) is 0 Å². The molecule has 0 bridgehead atoms. The predicted octanol–water partition coefficient (Wildman–Crippen LogP) is 4.50.